The minimum atomic E-state index is 0. The second kappa shape index (κ2) is 14.8. The molecular formula is C38H42IrN6-2. The Balaban J connectivity index is 0.000000166. The summed E-state index contributed by atoms with van der Waals surface area (Å²) in [6.45, 7) is 0.935. The van der Waals surface area contributed by atoms with Gasteiger partial charge in [-0.1, -0.05) is 68.0 Å². The van der Waals surface area contributed by atoms with Gasteiger partial charge in [-0.2, -0.15) is 34.0 Å². The molecule has 1 saturated carbocycles. The molecule has 0 spiro atoms. The maximum absolute atomic E-state index is 4.44. The zero-order valence-corrected chi connectivity index (χ0v) is 28.7. The van der Waals surface area contributed by atoms with Crippen molar-refractivity contribution in [2.75, 3.05) is 18.6 Å². The molecule has 1 fully saturated rings. The summed E-state index contributed by atoms with van der Waals surface area (Å²) in [4.78, 5) is 4.44. The van der Waals surface area contributed by atoms with Gasteiger partial charge in [0.1, 0.15) is 5.82 Å². The fourth-order valence-corrected chi connectivity index (χ4v) is 7.35. The van der Waals surface area contributed by atoms with Gasteiger partial charge < -0.3 is 9.80 Å². The molecule has 7 heteroatoms. The monoisotopic (exact) mass is 775 g/mol. The summed E-state index contributed by atoms with van der Waals surface area (Å²) in [5.41, 5.74) is 10.3. The molecule has 1 radical (unpaired) electrons. The predicted octanol–water partition coefficient (Wildman–Crippen LogP) is 7.87. The molecule has 0 bridgehead atoms. The second-order valence-corrected chi connectivity index (χ2v) is 12.8. The normalized spacial score (nSPS) is 17.5. The molecule has 0 unspecified atom stereocenters. The molecule has 6 nitrogen and oxygen atoms in total. The SMILES string of the molecule is CN1C=CN(c2[c-]ccc(C3CCCCC3)c2)C1.[Ir].[c-]1ccc2c(c1-c1nnc(-c3cccc4c3CCCC4)nn1)CCCC2. The van der Waals surface area contributed by atoms with E-state index in [0.29, 0.717) is 11.6 Å². The molecule has 1 aromatic heterocycles. The average Bonchev–Trinajstić information content (AvgIpc) is 3.55. The third-order valence-corrected chi connectivity index (χ3v) is 9.74. The second-order valence-electron chi connectivity index (χ2n) is 12.8. The molecule has 8 rings (SSSR count). The summed E-state index contributed by atoms with van der Waals surface area (Å²) in [6, 6.07) is 23.9. The first-order chi connectivity index (χ1) is 21.7. The molecule has 0 atom stereocenters. The van der Waals surface area contributed by atoms with Gasteiger partial charge in [0, 0.05) is 45.1 Å². The van der Waals surface area contributed by atoms with Crippen LogP contribution in [-0.4, -0.2) is 39.0 Å². The van der Waals surface area contributed by atoms with E-state index in [-0.39, 0.29) is 20.1 Å². The molecule has 0 amide bonds. The number of benzene rings is 3. The van der Waals surface area contributed by atoms with Crippen molar-refractivity contribution in [1.29, 1.82) is 0 Å². The summed E-state index contributed by atoms with van der Waals surface area (Å²) in [5.74, 6) is 2.01. The first kappa shape index (κ1) is 31.6. The van der Waals surface area contributed by atoms with Gasteiger partial charge in [-0.05, 0) is 62.0 Å². The molecule has 1 aliphatic heterocycles. The van der Waals surface area contributed by atoms with E-state index in [0.717, 1.165) is 49.4 Å². The number of fused-ring (bicyclic) bond motifs is 2. The number of nitrogens with zero attached hydrogens (tertiary/aromatic N) is 6. The van der Waals surface area contributed by atoms with Crippen LogP contribution in [0.3, 0.4) is 0 Å². The molecule has 4 aliphatic rings. The first-order valence-electron chi connectivity index (χ1n) is 16.6. The van der Waals surface area contributed by atoms with Gasteiger partial charge >= 0.3 is 0 Å². The smallest absolute Gasteiger partial charge is 0.202 e. The van der Waals surface area contributed by atoms with E-state index in [2.05, 4.69) is 104 Å². The molecule has 0 N–H and O–H groups in total. The van der Waals surface area contributed by atoms with Crippen molar-refractivity contribution in [1.82, 2.24) is 25.3 Å². The maximum Gasteiger partial charge on any atom is 0.202 e. The van der Waals surface area contributed by atoms with E-state index in [4.69, 9.17) is 0 Å². The standard InChI is InChI=1S/C22H21N4.C16H21N2.Ir/c1-3-11-17-15(7-1)9-5-13-19(17)21-23-25-22(26-24-21)20-14-6-10-16-8-2-4-12-18(16)20;1-17-10-11-18(13-17)16-9-5-8-15(12-16)14-6-3-2-4-7-14;/h5-6,9-10,13H,1-4,7-8,11-12H2;5,8,10-12,14H,2-4,6-7,13H2,1H3;/q2*-1;. The van der Waals surface area contributed by atoms with Crippen molar-refractivity contribution in [3.63, 3.8) is 0 Å². The zero-order valence-electron chi connectivity index (χ0n) is 26.3. The Hall–Kier alpha value is -3.41. The molecule has 0 saturated heterocycles. The fourth-order valence-electron chi connectivity index (χ4n) is 7.35. The largest absolute Gasteiger partial charge is 0.361 e. The Morgan fingerprint density at radius 2 is 1.38 bits per heavy atom. The maximum atomic E-state index is 4.44. The number of hydrogen-bond donors (Lipinski definition) is 0. The fraction of sp³-hybridized carbons (Fsp3) is 0.421. The molecule has 45 heavy (non-hydrogen) atoms. The molecule has 3 aliphatic carbocycles. The minimum Gasteiger partial charge on any atom is -0.361 e. The Bertz CT molecular complexity index is 1530. The summed E-state index contributed by atoms with van der Waals surface area (Å²) in [7, 11) is 2.10. The molecular weight excluding hydrogens is 733 g/mol. The van der Waals surface area contributed by atoms with Crippen LogP contribution in [-0.2, 0) is 45.8 Å². The van der Waals surface area contributed by atoms with E-state index >= 15 is 0 Å². The number of hydrogen-bond acceptors (Lipinski definition) is 6. The van der Waals surface area contributed by atoms with Crippen molar-refractivity contribution >= 4 is 5.69 Å². The Morgan fingerprint density at radius 3 is 2.13 bits per heavy atom. The van der Waals surface area contributed by atoms with Crippen molar-refractivity contribution in [2.45, 2.75) is 89.4 Å². The van der Waals surface area contributed by atoms with Crippen molar-refractivity contribution in [3.8, 4) is 22.8 Å². The van der Waals surface area contributed by atoms with Gasteiger partial charge in [-0.25, -0.2) is 0 Å². The Morgan fingerprint density at radius 1 is 0.689 bits per heavy atom. The molecule has 2 heterocycles. The quantitative estimate of drug-likeness (QED) is 0.197. The molecule has 3 aromatic carbocycles. The van der Waals surface area contributed by atoms with Crippen LogP contribution in [0.4, 0.5) is 5.69 Å². The van der Waals surface area contributed by atoms with E-state index in [1.165, 1.54) is 91.3 Å². The van der Waals surface area contributed by atoms with Gasteiger partial charge in [-0.15, -0.1) is 45.6 Å². The van der Waals surface area contributed by atoms with Crippen LogP contribution in [0.2, 0.25) is 0 Å². The zero-order chi connectivity index (χ0) is 29.7. The van der Waals surface area contributed by atoms with Gasteiger partial charge in [-0.3, -0.25) is 0 Å². The van der Waals surface area contributed by atoms with E-state index in [9.17, 15) is 0 Å². The summed E-state index contributed by atoms with van der Waals surface area (Å²) in [6.07, 6.45) is 20.6. The van der Waals surface area contributed by atoms with E-state index in [1.54, 1.807) is 0 Å². The molecule has 235 valence electrons. The van der Waals surface area contributed by atoms with Crippen molar-refractivity contribution in [3.05, 3.63) is 101 Å². The van der Waals surface area contributed by atoms with Crippen LogP contribution in [0, 0.1) is 12.1 Å². The predicted molar refractivity (Wildman–Crippen MR) is 176 cm³/mol. The summed E-state index contributed by atoms with van der Waals surface area (Å²) < 4.78 is 0. The van der Waals surface area contributed by atoms with Crippen LogP contribution in [0.25, 0.3) is 22.8 Å². The first-order valence-corrected chi connectivity index (χ1v) is 16.6. The number of rotatable bonds is 4. The van der Waals surface area contributed by atoms with Crippen molar-refractivity contribution < 1.29 is 20.1 Å². The summed E-state index contributed by atoms with van der Waals surface area (Å²) >= 11 is 0. The van der Waals surface area contributed by atoms with Gasteiger partial charge in [0.05, 0.1) is 6.67 Å². The summed E-state index contributed by atoms with van der Waals surface area (Å²) in [5, 5.41) is 17.7. The Kier molecular flexibility index (Phi) is 10.4. The van der Waals surface area contributed by atoms with Crippen LogP contribution >= 0.6 is 0 Å². The number of anilines is 1. The van der Waals surface area contributed by atoms with Crippen molar-refractivity contribution in [2.24, 2.45) is 0 Å². The minimum absolute atomic E-state index is 0. The average molecular weight is 775 g/mol. The van der Waals surface area contributed by atoms with E-state index in [1.807, 2.05) is 6.07 Å². The Labute approximate surface area is 281 Å². The number of aromatic nitrogens is 4. The topological polar surface area (TPSA) is 58.0 Å². The van der Waals surface area contributed by atoms with Crippen LogP contribution in [0.5, 0.6) is 0 Å². The van der Waals surface area contributed by atoms with Gasteiger partial charge in [0.15, 0.2) is 0 Å². The van der Waals surface area contributed by atoms with Crippen LogP contribution in [0.15, 0.2) is 60.9 Å². The van der Waals surface area contributed by atoms with Gasteiger partial charge in [0.2, 0.25) is 5.82 Å². The third kappa shape index (κ3) is 7.21. The van der Waals surface area contributed by atoms with Crippen LogP contribution in [0.1, 0.15) is 91.5 Å². The van der Waals surface area contributed by atoms with E-state index < -0.39 is 0 Å². The van der Waals surface area contributed by atoms with Crippen LogP contribution < -0.4 is 4.90 Å². The molecule has 4 aromatic rings. The number of aryl methyl sites for hydroxylation is 2. The third-order valence-electron chi connectivity index (χ3n) is 9.74. The van der Waals surface area contributed by atoms with Gasteiger partial charge in [0.25, 0.3) is 0 Å².